The van der Waals surface area contributed by atoms with E-state index < -0.39 is 0 Å². The number of thiophene rings is 1. The number of carbonyl (C=O) groups is 2. The van der Waals surface area contributed by atoms with E-state index in [9.17, 15) is 14.0 Å². The minimum absolute atomic E-state index is 0.120. The molecule has 1 N–H and O–H groups in total. The van der Waals surface area contributed by atoms with Crippen LogP contribution >= 0.6 is 23.1 Å². The standard InChI is InChI=1S/C27H25FN4O2S2/c1-2-14-29-22(33)16-31-23(34)17-36-26(21-9-6-15-35-21)24-25(18-7-4-3-5-8-18)30-32(27(24)31)20-12-10-19(28)11-13-20/h3-13,15,26H,2,14,16-17H2,1H3,(H,29,33). The van der Waals surface area contributed by atoms with Crippen molar-refractivity contribution >= 4 is 40.7 Å². The molecular formula is C27H25FN4O2S2. The van der Waals surface area contributed by atoms with Crippen LogP contribution in [0.4, 0.5) is 10.2 Å². The first-order valence-electron chi connectivity index (χ1n) is 11.7. The van der Waals surface area contributed by atoms with E-state index in [0.717, 1.165) is 28.1 Å². The molecule has 0 saturated carbocycles. The number of benzene rings is 2. The molecule has 1 aliphatic rings. The number of thioether (sulfide) groups is 1. The Morgan fingerprint density at radius 2 is 1.89 bits per heavy atom. The van der Waals surface area contributed by atoms with Gasteiger partial charge in [0, 0.05) is 22.5 Å². The summed E-state index contributed by atoms with van der Waals surface area (Å²) in [4.78, 5) is 29.0. The second-order valence-electron chi connectivity index (χ2n) is 8.38. The normalized spacial score (nSPS) is 15.4. The summed E-state index contributed by atoms with van der Waals surface area (Å²) >= 11 is 3.16. The molecule has 1 unspecified atom stereocenters. The lowest BCUT2D eigenvalue weighted by Gasteiger charge is -2.23. The summed E-state index contributed by atoms with van der Waals surface area (Å²) < 4.78 is 15.5. The molecule has 2 amide bonds. The fourth-order valence-corrected chi connectivity index (χ4v) is 6.40. The second-order valence-corrected chi connectivity index (χ2v) is 10.4. The van der Waals surface area contributed by atoms with Crippen LogP contribution in [-0.4, -0.2) is 40.4 Å². The molecule has 0 aliphatic carbocycles. The summed E-state index contributed by atoms with van der Waals surface area (Å²) in [5.41, 5.74) is 3.11. The highest BCUT2D eigenvalue weighted by atomic mass is 32.2. The summed E-state index contributed by atoms with van der Waals surface area (Å²) in [6, 6.07) is 19.9. The zero-order valence-electron chi connectivity index (χ0n) is 19.7. The van der Waals surface area contributed by atoms with Crippen LogP contribution < -0.4 is 10.2 Å². The number of nitrogens with zero attached hydrogens (tertiary/aromatic N) is 3. The summed E-state index contributed by atoms with van der Waals surface area (Å²) in [6.45, 7) is 2.39. The zero-order chi connectivity index (χ0) is 25.1. The van der Waals surface area contributed by atoms with Crippen molar-refractivity contribution in [2.45, 2.75) is 18.6 Å². The van der Waals surface area contributed by atoms with Gasteiger partial charge in [0.2, 0.25) is 11.8 Å². The number of rotatable bonds is 7. The molecule has 0 bridgehead atoms. The average molecular weight is 521 g/mol. The van der Waals surface area contributed by atoms with Crippen LogP contribution in [0.5, 0.6) is 0 Å². The van der Waals surface area contributed by atoms with Crippen LogP contribution in [0.1, 0.15) is 29.0 Å². The molecular weight excluding hydrogens is 495 g/mol. The maximum atomic E-state index is 13.8. The largest absolute Gasteiger partial charge is 0.355 e. The smallest absolute Gasteiger partial charge is 0.240 e. The average Bonchev–Trinajstić information content (AvgIpc) is 3.54. The highest BCUT2D eigenvalue weighted by molar-refractivity contribution is 8.00. The molecule has 0 spiro atoms. The van der Waals surface area contributed by atoms with Gasteiger partial charge in [0.05, 0.1) is 22.4 Å². The number of halogens is 1. The number of carbonyl (C=O) groups excluding carboxylic acids is 2. The van der Waals surface area contributed by atoms with Gasteiger partial charge in [0.15, 0.2) is 0 Å². The van der Waals surface area contributed by atoms with Crippen LogP contribution in [-0.2, 0) is 9.59 Å². The van der Waals surface area contributed by atoms with Crippen molar-refractivity contribution in [1.29, 1.82) is 0 Å². The van der Waals surface area contributed by atoms with Crippen molar-refractivity contribution in [2.75, 3.05) is 23.7 Å². The molecule has 0 saturated heterocycles. The first kappa shape index (κ1) is 24.3. The van der Waals surface area contributed by atoms with Crippen molar-refractivity contribution in [3.05, 3.63) is 88.4 Å². The molecule has 3 heterocycles. The van der Waals surface area contributed by atoms with E-state index in [1.165, 1.54) is 28.8 Å². The number of nitrogens with one attached hydrogen (secondary N) is 1. The predicted octanol–water partition coefficient (Wildman–Crippen LogP) is 5.44. The van der Waals surface area contributed by atoms with Crippen molar-refractivity contribution < 1.29 is 14.0 Å². The molecule has 4 aromatic rings. The van der Waals surface area contributed by atoms with E-state index in [-0.39, 0.29) is 35.2 Å². The molecule has 1 aliphatic heterocycles. The number of aromatic nitrogens is 2. The van der Waals surface area contributed by atoms with Crippen LogP contribution in [0.15, 0.2) is 72.1 Å². The van der Waals surface area contributed by atoms with Gasteiger partial charge in [0.1, 0.15) is 18.2 Å². The van der Waals surface area contributed by atoms with E-state index in [4.69, 9.17) is 5.10 Å². The van der Waals surface area contributed by atoms with E-state index in [0.29, 0.717) is 18.1 Å². The lowest BCUT2D eigenvalue weighted by atomic mass is 10.0. The second kappa shape index (κ2) is 10.7. The third kappa shape index (κ3) is 4.81. The Labute approximate surface area is 217 Å². The molecule has 184 valence electrons. The fourth-order valence-electron chi connectivity index (χ4n) is 4.22. The van der Waals surface area contributed by atoms with Gasteiger partial charge in [-0.15, -0.1) is 23.1 Å². The van der Waals surface area contributed by atoms with Crippen molar-refractivity contribution in [1.82, 2.24) is 15.1 Å². The van der Waals surface area contributed by atoms with Gasteiger partial charge in [-0.3, -0.25) is 14.5 Å². The molecule has 9 heteroatoms. The Morgan fingerprint density at radius 3 is 2.58 bits per heavy atom. The quantitative estimate of drug-likeness (QED) is 0.353. The van der Waals surface area contributed by atoms with E-state index >= 15 is 0 Å². The predicted molar refractivity (Wildman–Crippen MR) is 143 cm³/mol. The third-order valence-electron chi connectivity index (χ3n) is 5.88. The number of hydrogen-bond donors (Lipinski definition) is 1. The van der Waals surface area contributed by atoms with Gasteiger partial charge in [-0.25, -0.2) is 9.07 Å². The molecule has 1 atom stereocenters. The molecule has 36 heavy (non-hydrogen) atoms. The first-order chi connectivity index (χ1) is 17.6. The lowest BCUT2D eigenvalue weighted by molar-refractivity contribution is -0.122. The SMILES string of the molecule is CCCNC(=O)CN1C(=O)CSC(c2cccs2)c2c(-c3ccccc3)nn(-c3ccc(F)cc3)c21. The minimum atomic E-state index is -0.362. The summed E-state index contributed by atoms with van der Waals surface area (Å²) in [6.07, 6.45) is 0.799. The molecule has 2 aromatic heterocycles. The van der Waals surface area contributed by atoms with Crippen LogP contribution in [0.2, 0.25) is 0 Å². The Kier molecular flexibility index (Phi) is 7.20. The molecule has 2 aromatic carbocycles. The lowest BCUT2D eigenvalue weighted by Crippen LogP contribution is -2.42. The van der Waals surface area contributed by atoms with Crippen LogP contribution in [0.25, 0.3) is 16.9 Å². The topological polar surface area (TPSA) is 67.2 Å². The zero-order valence-corrected chi connectivity index (χ0v) is 21.3. The molecule has 0 fully saturated rings. The van der Waals surface area contributed by atoms with Gasteiger partial charge >= 0.3 is 0 Å². The molecule has 6 nitrogen and oxygen atoms in total. The number of fused-ring (bicyclic) bond motifs is 1. The molecule has 0 radical (unpaired) electrons. The number of amides is 2. The minimum Gasteiger partial charge on any atom is -0.355 e. The van der Waals surface area contributed by atoms with Crippen LogP contribution in [0.3, 0.4) is 0 Å². The maximum absolute atomic E-state index is 13.8. The van der Waals surface area contributed by atoms with E-state index in [1.807, 2.05) is 48.7 Å². The maximum Gasteiger partial charge on any atom is 0.240 e. The first-order valence-corrected chi connectivity index (χ1v) is 13.7. The third-order valence-corrected chi connectivity index (χ3v) is 8.21. The number of hydrogen-bond acceptors (Lipinski definition) is 5. The highest BCUT2D eigenvalue weighted by Gasteiger charge is 2.38. The Balaban J connectivity index is 1.76. The van der Waals surface area contributed by atoms with Gasteiger partial charge in [0.25, 0.3) is 0 Å². The Bertz CT molecular complexity index is 1350. The summed E-state index contributed by atoms with van der Waals surface area (Å²) in [5, 5.41) is 9.72. The molecule has 5 rings (SSSR count). The Morgan fingerprint density at radius 1 is 1.11 bits per heavy atom. The highest BCUT2D eigenvalue weighted by Crippen LogP contribution is 2.49. The van der Waals surface area contributed by atoms with Gasteiger partial charge in [-0.05, 0) is 42.1 Å². The van der Waals surface area contributed by atoms with Crippen molar-refractivity contribution in [3.63, 3.8) is 0 Å². The van der Waals surface area contributed by atoms with Gasteiger partial charge < -0.3 is 5.32 Å². The Hall–Kier alpha value is -3.43. The van der Waals surface area contributed by atoms with Gasteiger partial charge in [-0.1, -0.05) is 43.3 Å². The van der Waals surface area contributed by atoms with Crippen molar-refractivity contribution in [2.24, 2.45) is 0 Å². The van der Waals surface area contributed by atoms with E-state index in [2.05, 4.69) is 11.4 Å². The number of anilines is 1. The summed E-state index contributed by atoms with van der Waals surface area (Å²) in [5.74, 6) is -0.00554. The monoisotopic (exact) mass is 520 g/mol. The van der Waals surface area contributed by atoms with Crippen molar-refractivity contribution in [3.8, 4) is 16.9 Å². The van der Waals surface area contributed by atoms with Crippen LogP contribution in [0, 0.1) is 5.82 Å². The fraction of sp³-hybridized carbons (Fsp3) is 0.222. The van der Waals surface area contributed by atoms with Gasteiger partial charge in [-0.2, -0.15) is 5.10 Å². The van der Waals surface area contributed by atoms with E-state index in [1.54, 1.807) is 28.2 Å². The summed E-state index contributed by atoms with van der Waals surface area (Å²) in [7, 11) is 0.